The zero-order chi connectivity index (χ0) is 15.5. The molecule has 2 aromatic rings. The highest BCUT2D eigenvalue weighted by Gasteiger charge is 2.29. The minimum absolute atomic E-state index is 0. The summed E-state index contributed by atoms with van der Waals surface area (Å²) in [5.74, 6) is 0.579. The topological polar surface area (TPSA) is 52.3 Å². The predicted octanol–water partition coefficient (Wildman–Crippen LogP) is 3.57. The number of Topliss-reactive ketones (excluding diaryl/α,β-unsaturated/α-hetero) is 1. The molecule has 0 spiro atoms. The fraction of sp³-hybridized carbons (Fsp3) is 0.278. The highest BCUT2D eigenvalue weighted by atomic mass is 35.5. The number of hydrogen-bond donors (Lipinski definition) is 1. The van der Waals surface area contributed by atoms with Crippen LogP contribution in [0.25, 0.3) is 0 Å². The number of methoxy groups -OCH3 is 1. The average Bonchev–Trinajstić information content (AvgIpc) is 2.46. The molecule has 0 aliphatic heterocycles. The van der Waals surface area contributed by atoms with Crippen molar-refractivity contribution in [1.29, 1.82) is 0 Å². The first-order chi connectivity index (χ1) is 9.92. The molecule has 1 atom stereocenters. The maximum absolute atomic E-state index is 12.6. The lowest BCUT2D eigenvalue weighted by Gasteiger charge is -2.23. The maximum atomic E-state index is 12.6. The zero-order valence-electron chi connectivity index (χ0n) is 13.1. The van der Waals surface area contributed by atoms with Gasteiger partial charge in [0.1, 0.15) is 5.75 Å². The van der Waals surface area contributed by atoms with E-state index in [1.807, 2.05) is 31.2 Å². The number of carbonyl (C=O) groups is 1. The average molecular weight is 320 g/mol. The molecule has 2 N–H and O–H groups in total. The van der Waals surface area contributed by atoms with Crippen LogP contribution in [-0.4, -0.2) is 18.4 Å². The molecule has 22 heavy (non-hydrogen) atoms. The molecule has 0 aliphatic carbocycles. The highest BCUT2D eigenvalue weighted by Crippen LogP contribution is 2.20. The molecule has 2 rings (SSSR count). The Labute approximate surface area is 137 Å². The minimum atomic E-state index is -0.944. The fourth-order valence-electron chi connectivity index (χ4n) is 2.42. The molecule has 0 heterocycles. The van der Waals surface area contributed by atoms with Crippen molar-refractivity contribution in [2.45, 2.75) is 25.8 Å². The SMILES string of the molecule is COc1cccc(C(=O)C(C)(N)Cc2cccc(C)c2)c1.Cl. The first kappa shape index (κ1) is 18.2. The van der Waals surface area contributed by atoms with Crippen LogP contribution in [-0.2, 0) is 6.42 Å². The van der Waals surface area contributed by atoms with Gasteiger partial charge >= 0.3 is 0 Å². The molecule has 0 fully saturated rings. The van der Waals surface area contributed by atoms with Gasteiger partial charge in [-0.2, -0.15) is 0 Å². The first-order valence-corrected chi connectivity index (χ1v) is 6.96. The Hall–Kier alpha value is -1.84. The van der Waals surface area contributed by atoms with E-state index in [1.54, 1.807) is 32.2 Å². The zero-order valence-corrected chi connectivity index (χ0v) is 13.9. The van der Waals surface area contributed by atoms with Gasteiger partial charge in [-0.3, -0.25) is 4.79 Å². The van der Waals surface area contributed by atoms with Crippen LogP contribution in [0.3, 0.4) is 0 Å². The van der Waals surface area contributed by atoms with Gasteiger partial charge in [0, 0.05) is 5.56 Å². The fourth-order valence-corrected chi connectivity index (χ4v) is 2.42. The van der Waals surface area contributed by atoms with Gasteiger partial charge in [-0.15, -0.1) is 12.4 Å². The smallest absolute Gasteiger partial charge is 0.182 e. The van der Waals surface area contributed by atoms with Crippen molar-refractivity contribution in [3.05, 3.63) is 65.2 Å². The Morgan fingerprint density at radius 1 is 1.18 bits per heavy atom. The van der Waals surface area contributed by atoms with Crippen LogP contribution in [0.2, 0.25) is 0 Å². The molecular formula is C18H22ClNO2. The Balaban J connectivity index is 0.00000242. The van der Waals surface area contributed by atoms with Gasteiger partial charge in [0.15, 0.2) is 5.78 Å². The molecule has 0 radical (unpaired) electrons. The third-order valence-corrected chi connectivity index (χ3v) is 3.50. The van der Waals surface area contributed by atoms with Gasteiger partial charge in [0.25, 0.3) is 0 Å². The van der Waals surface area contributed by atoms with Gasteiger partial charge in [-0.1, -0.05) is 42.0 Å². The molecule has 1 unspecified atom stereocenters. The molecule has 118 valence electrons. The van der Waals surface area contributed by atoms with E-state index < -0.39 is 5.54 Å². The van der Waals surface area contributed by atoms with Gasteiger partial charge in [0.2, 0.25) is 0 Å². The standard InChI is InChI=1S/C18H21NO2.ClH/c1-13-6-4-7-14(10-13)12-18(2,19)17(20)15-8-5-9-16(11-15)21-3;/h4-11H,12,19H2,1-3H3;1H. The summed E-state index contributed by atoms with van der Waals surface area (Å²) in [6.07, 6.45) is 0.505. The van der Waals surface area contributed by atoms with Crippen LogP contribution in [0.1, 0.15) is 28.4 Å². The Kier molecular flexibility index (Phi) is 6.15. The number of aryl methyl sites for hydroxylation is 1. The highest BCUT2D eigenvalue weighted by molar-refractivity contribution is 6.03. The summed E-state index contributed by atoms with van der Waals surface area (Å²) < 4.78 is 5.16. The number of rotatable bonds is 5. The predicted molar refractivity (Wildman–Crippen MR) is 92.0 cm³/mol. The van der Waals surface area contributed by atoms with Gasteiger partial charge < -0.3 is 10.5 Å². The summed E-state index contributed by atoms with van der Waals surface area (Å²) in [6, 6.07) is 15.2. The van der Waals surface area contributed by atoms with Crippen molar-refractivity contribution < 1.29 is 9.53 Å². The maximum Gasteiger partial charge on any atom is 0.182 e. The lowest BCUT2D eigenvalue weighted by atomic mass is 9.86. The van der Waals surface area contributed by atoms with Crippen molar-refractivity contribution in [3.8, 4) is 5.75 Å². The molecule has 0 bridgehead atoms. The van der Waals surface area contributed by atoms with Crippen molar-refractivity contribution in [2.24, 2.45) is 5.73 Å². The normalized spacial score (nSPS) is 12.9. The van der Waals surface area contributed by atoms with Crippen molar-refractivity contribution >= 4 is 18.2 Å². The molecular weight excluding hydrogens is 298 g/mol. The lowest BCUT2D eigenvalue weighted by molar-refractivity contribution is 0.0900. The minimum Gasteiger partial charge on any atom is -0.497 e. The molecule has 4 heteroatoms. The molecule has 0 amide bonds. The third-order valence-electron chi connectivity index (χ3n) is 3.50. The summed E-state index contributed by atoms with van der Waals surface area (Å²) in [4.78, 5) is 12.6. The molecule has 3 nitrogen and oxygen atoms in total. The van der Waals surface area contributed by atoms with Crippen LogP contribution in [0.4, 0.5) is 0 Å². The van der Waals surface area contributed by atoms with E-state index in [2.05, 4.69) is 6.07 Å². The van der Waals surface area contributed by atoms with E-state index in [0.717, 1.165) is 11.1 Å². The molecule has 0 aliphatic rings. The van der Waals surface area contributed by atoms with Crippen molar-refractivity contribution in [3.63, 3.8) is 0 Å². The van der Waals surface area contributed by atoms with Gasteiger partial charge in [-0.05, 0) is 38.0 Å². The first-order valence-electron chi connectivity index (χ1n) is 6.96. The summed E-state index contributed by atoms with van der Waals surface area (Å²) in [6.45, 7) is 3.80. The Morgan fingerprint density at radius 3 is 2.50 bits per heavy atom. The molecule has 0 saturated heterocycles. The van der Waals surface area contributed by atoms with Crippen molar-refractivity contribution in [2.75, 3.05) is 7.11 Å². The van der Waals surface area contributed by atoms with Crippen LogP contribution >= 0.6 is 12.4 Å². The van der Waals surface area contributed by atoms with Gasteiger partial charge in [0.05, 0.1) is 12.6 Å². The number of benzene rings is 2. The Morgan fingerprint density at radius 2 is 1.86 bits per heavy atom. The molecule has 0 saturated carbocycles. The second-order valence-corrected chi connectivity index (χ2v) is 5.64. The third kappa shape index (κ3) is 4.33. The van der Waals surface area contributed by atoms with Gasteiger partial charge in [-0.25, -0.2) is 0 Å². The van der Waals surface area contributed by atoms with E-state index in [-0.39, 0.29) is 18.2 Å². The number of carbonyl (C=O) groups excluding carboxylic acids is 1. The number of ether oxygens (including phenoxy) is 1. The Bertz CT molecular complexity index is 653. The largest absolute Gasteiger partial charge is 0.497 e. The van der Waals surface area contributed by atoms with Crippen LogP contribution in [0.5, 0.6) is 5.75 Å². The van der Waals surface area contributed by atoms with Crippen LogP contribution in [0, 0.1) is 6.92 Å². The summed E-state index contributed by atoms with van der Waals surface area (Å²) >= 11 is 0. The summed E-state index contributed by atoms with van der Waals surface area (Å²) in [7, 11) is 1.58. The molecule has 2 aromatic carbocycles. The van der Waals surface area contributed by atoms with E-state index in [9.17, 15) is 4.79 Å². The summed E-state index contributed by atoms with van der Waals surface area (Å²) in [5.41, 5.74) is 8.14. The van der Waals surface area contributed by atoms with Crippen LogP contribution < -0.4 is 10.5 Å². The van der Waals surface area contributed by atoms with E-state index in [1.165, 1.54) is 0 Å². The number of ketones is 1. The molecule has 0 aromatic heterocycles. The number of nitrogens with two attached hydrogens (primary N) is 1. The number of halogens is 1. The lowest BCUT2D eigenvalue weighted by Crippen LogP contribution is -2.47. The van der Waals surface area contributed by atoms with E-state index >= 15 is 0 Å². The van der Waals surface area contributed by atoms with Crippen LogP contribution in [0.15, 0.2) is 48.5 Å². The second-order valence-electron chi connectivity index (χ2n) is 5.64. The number of hydrogen-bond acceptors (Lipinski definition) is 3. The van der Waals surface area contributed by atoms with E-state index in [0.29, 0.717) is 17.7 Å². The quantitative estimate of drug-likeness (QED) is 0.857. The summed E-state index contributed by atoms with van der Waals surface area (Å²) in [5, 5.41) is 0. The second kappa shape index (κ2) is 7.43. The monoisotopic (exact) mass is 319 g/mol. The van der Waals surface area contributed by atoms with E-state index in [4.69, 9.17) is 10.5 Å². The van der Waals surface area contributed by atoms with Crippen molar-refractivity contribution in [1.82, 2.24) is 0 Å².